The van der Waals surface area contributed by atoms with Crippen molar-refractivity contribution in [3.63, 3.8) is 0 Å². The van der Waals surface area contributed by atoms with Crippen molar-refractivity contribution in [1.29, 1.82) is 0 Å². The van der Waals surface area contributed by atoms with Gasteiger partial charge in [0.25, 0.3) is 5.91 Å². The molecule has 23 heavy (non-hydrogen) atoms. The van der Waals surface area contributed by atoms with E-state index in [9.17, 15) is 9.18 Å². The first kappa shape index (κ1) is 14.9. The maximum atomic E-state index is 12.9. The number of anilines is 1. The van der Waals surface area contributed by atoms with Crippen molar-refractivity contribution in [1.82, 2.24) is 10.2 Å². The molecule has 1 heterocycles. The van der Waals surface area contributed by atoms with E-state index in [4.69, 9.17) is 4.42 Å². The minimum atomic E-state index is -0.443. The molecule has 116 valence electrons. The standard InChI is InChI=1S/C17H14FN3O2/c1-10-3-4-11(2)14(9-10)16-20-21-17(23-16)19-15(22)12-5-7-13(18)8-6-12/h3-9H,1-2H3,(H,19,21,22). The summed E-state index contributed by atoms with van der Waals surface area (Å²) in [5.41, 5.74) is 3.19. The van der Waals surface area contributed by atoms with E-state index in [1.54, 1.807) is 0 Å². The SMILES string of the molecule is Cc1ccc(C)c(-c2nnc(NC(=O)c3ccc(F)cc3)o2)c1. The fourth-order valence-electron chi connectivity index (χ4n) is 2.12. The highest BCUT2D eigenvalue weighted by Crippen LogP contribution is 2.24. The van der Waals surface area contributed by atoms with Gasteiger partial charge in [0, 0.05) is 11.1 Å². The van der Waals surface area contributed by atoms with Crippen LogP contribution in [-0.2, 0) is 0 Å². The van der Waals surface area contributed by atoms with Gasteiger partial charge in [0.15, 0.2) is 0 Å². The first-order valence-corrected chi connectivity index (χ1v) is 7.01. The maximum absolute atomic E-state index is 12.9. The normalized spacial score (nSPS) is 10.6. The van der Waals surface area contributed by atoms with E-state index in [1.165, 1.54) is 24.3 Å². The first-order valence-electron chi connectivity index (χ1n) is 7.01. The van der Waals surface area contributed by atoms with Crippen molar-refractivity contribution in [2.75, 3.05) is 5.32 Å². The highest BCUT2D eigenvalue weighted by atomic mass is 19.1. The molecule has 1 aromatic heterocycles. The summed E-state index contributed by atoms with van der Waals surface area (Å²) >= 11 is 0. The van der Waals surface area contributed by atoms with Gasteiger partial charge in [0.2, 0.25) is 5.89 Å². The molecule has 3 aromatic rings. The molecule has 3 rings (SSSR count). The molecule has 0 atom stereocenters. The second kappa shape index (κ2) is 6.00. The number of nitrogens with one attached hydrogen (secondary N) is 1. The van der Waals surface area contributed by atoms with Gasteiger partial charge in [-0.2, -0.15) is 0 Å². The Kier molecular flexibility index (Phi) is 3.89. The third-order valence-electron chi connectivity index (χ3n) is 3.38. The number of aromatic nitrogens is 2. The lowest BCUT2D eigenvalue weighted by atomic mass is 10.1. The molecule has 2 aromatic carbocycles. The van der Waals surface area contributed by atoms with E-state index in [-0.39, 0.29) is 6.01 Å². The van der Waals surface area contributed by atoms with E-state index in [1.807, 2.05) is 32.0 Å². The van der Waals surface area contributed by atoms with Gasteiger partial charge in [-0.1, -0.05) is 22.8 Å². The van der Waals surface area contributed by atoms with Crippen molar-refractivity contribution in [2.45, 2.75) is 13.8 Å². The number of carbonyl (C=O) groups is 1. The summed E-state index contributed by atoms with van der Waals surface area (Å²) in [4.78, 5) is 12.0. The largest absolute Gasteiger partial charge is 0.403 e. The summed E-state index contributed by atoms with van der Waals surface area (Å²) < 4.78 is 18.4. The van der Waals surface area contributed by atoms with Crippen LogP contribution in [0.3, 0.4) is 0 Å². The van der Waals surface area contributed by atoms with Crippen LogP contribution < -0.4 is 5.32 Å². The topological polar surface area (TPSA) is 68.0 Å². The summed E-state index contributed by atoms with van der Waals surface area (Å²) in [5, 5.41) is 10.3. The van der Waals surface area contributed by atoms with E-state index < -0.39 is 11.7 Å². The van der Waals surface area contributed by atoms with E-state index in [0.717, 1.165) is 16.7 Å². The third kappa shape index (κ3) is 3.26. The molecular weight excluding hydrogens is 297 g/mol. The zero-order valence-corrected chi connectivity index (χ0v) is 12.6. The van der Waals surface area contributed by atoms with Gasteiger partial charge in [-0.3, -0.25) is 10.1 Å². The number of nitrogens with zero attached hydrogens (tertiary/aromatic N) is 2. The summed E-state index contributed by atoms with van der Waals surface area (Å²) in [7, 11) is 0. The Morgan fingerprint density at radius 3 is 2.57 bits per heavy atom. The smallest absolute Gasteiger partial charge is 0.322 e. The Balaban J connectivity index is 1.81. The van der Waals surface area contributed by atoms with Crippen LogP contribution in [0.2, 0.25) is 0 Å². The molecule has 0 unspecified atom stereocenters. The molecular formula is C17H14FN3O2. The number of benzene rings is 2. The molecule has 1 amide bonds. The lowest BCUT2D eigenvalue weighted by molar-refractivity contribution is 0.102. The zero-order valence-electron chi connectivity index (χ0n) is 12.6. The Bertz CT molecular complexity index is 857. The maximum Gasteiger partial charge on any atom is 0.322 e. The van der Waals surface area contributed by atoms with Gasteiger partial charge in [-0.05, 0) is 49.7 Å². The van der Waals surface area contributed by atoms with Crippen LogP contribution in [0.1, 0.15) is 21.5 Å². The molecule has 0 fully saturated rings. The van der Waals surface area contributed by atoms with Crippen LogP contribution in [-0.4, -0.2) is 16.1 Å². The Labute approximate surface area is 132 Å². The van der Waals surface area contributed by atoms with Crippen molar-refractivity contribution in [2.24, 2.45) is 0 Å². The van der Waals surface area contributed by atoms with Crippen molar-refractivity contribution in [3.8, 4) is 11.5 Å². The minimum absolute atomic E-state index is 0.00442. The Morgan fingerprint density at radius 1 is 1.09 bits per heavy atom. The van der Waals surface area contributed by atoms with Crippen LogP contribution in [0.25, 0.3) is 11.5 Å². The monoisotopic (exact) mass is 311 g/mol. The number of hydrogen-bond acceptors (Lipinski definition) is 4. The van der Waals surface area contributed by atoms with Crippen LogP contribution >= 0.6 is 0 Å². The van der Waals surface area contributed by atoms with Gasteiger partial charge >= 0.3 is 6.01 Å². The van der Waals surface area contributed by atoms with Crippen molar-refractivity contribution >= 4 is 11.9 Å². The average molecular weight is 311 g/mol. The van der Waals surface area contributed by atoms with Crippen LogP contribution in [0.15, 0.2) is 46.9 Å². The van der Waals surface area contributed by atoms with E-state index in [2.05, 4.69) is 15.5 Å². The van der Waals surface area contributed by atoms with Crippen molar-refractivity contribution < 1.29 is 13.6 Å². The second-order valence-electron chi connectivity index (χ2n) is 5.19. The van der Waals surface area contributed by atoms with E-state index in [0.29, 0.717) is 11.5 Å². The molecule has 0 bridgehead atoms. The number of hydrogen-bond donors (Lipinski definition) is 1. The molecule has 5 nitrogen and oxygen atoms in total. The highest BCUT2D eigenvalue weighted by Gasteiger charge is 2.14. The molecule has 0 saturated carbocycles. The third-order valence-corrected chi connectivity index (χ3v) is 3.38. The lowest BCUT2D eigenvalue weighted by Gasteiger charge is -2.02. The minimum Gasteiger partial charge on any atom is -0.403 e. The molecule has 0 spiro atoms. The summed E-state index contributed by atoms with van der Waals surface area (Å²) in [6.45, 7) is 3.91. The highest BCUT2D eigenvalue weighted by molar-refractivity contribution is 6.03. The number of halogens is 1. The number of carbonyl (C=O) groups excluding carboxylic acids is 1. The first-order chi connectivity index (χ1) is 11.0. The van der Waals surface area contributed by atoms with E-state index >= 15 is 0 Å². The molecule has 0 saturated heterocycles. The predicted octanol–water partition coefficient (Wildman–Crippen LogP) is 3.74. The van der Waals surface area contributed by atoms with Gasteiger partial charge in [0.05, 0.1) is 0 Å². The Morgan fingerprint density at radius 2 is 1.83 bits per heavy atom. The molecule has 0 aliphatic carbocycles. The second-order valence-corrected chi connectivity index (χ2v) is 5.19. The fourth-order valence-corrected chi connectivity index (χ4v) is 2.12. The summed E-state index contributed by atoms with van der Waals surface area (Å²) in [6.07, 6.45) is 0. The fraction of sp³-hybridized carbons (Fsp3) is 0.118. The zero-order chi connectivity index (χ0) is 16.4. The van der Waals surface area contributed by atoms with Crippen LogP contribution in [0.4, 0.5) is 10.4 Å². The lowest BCUT2D eigenvalue weighted by Crippen LogP contribution is -2.12. The number of aryl methyl sites for hydroxylation is 2. The van der Waals surface area contributed by atoms with Gasteiger partial charge in [0.1, 0.15) is 5.82 Å². The predicted molar refractivity (Wildman–Crippen MR) is 83.6 cm³/mol. The molecule has 0 aliphatic heterocycles. The molecule has 1 N–H and O–H groups in total. The van der Waals surface area contributed by atoms with Gasteiger partial charge in [-0.25, -0.2) is 4.39 Å². The molecule has 0 radical (unpaired) electrons. The van der Waals surface area contributed by atoms with Crippen LogP contribution in [0, 0.1) is 19.7 Å². The van der Waals surface area contributed by atoms with Crippen LogP contribution in [0.5, 0.6) is 0 Å². The number of amides is 1. The van der Waals surface area contributed by atoms with Gasteiger partial charge in [-0.15, -0.1) is 5.10 Å². The Hall–Kier alpha value is -3.02. The number of rotatable bonds is 3. The average Bonchev–Trinajstić information content (AvgIpc) is 2.98. The quantitative estimate of drug-likeness (QED) is 0.800. The van der Waals surface area contributed by atoms with Gasteiger partial charge < -0.3 is 4.42 Å². The molecule has 6 heteroatoms. The summed E-state index contributed by atoms with van der Waals surface area (Å²) in [6, 6.07) is 11.1. The summed E-state index contributed by atoms with van der Waals surface area (Å²) in [5.74, 6) is -0.515. The van der Waals surface area contributed by atoms with Crippen molar-refractivity contribution in [3.05, 3.63) is 65.0 Å². The molecule has 0 aliphatic rings.